The number of H-pyrrole nitrogens is 1. The van der Waals surface area contributed by atoms with Crippen molar-refractivity contribution in [3.8, 4) is 5.88 Å². The summed E-state index contributed by atoms with van der Waals surface area (Å²) in [5, 5.41) is 9.93. The van der Waals surface area contributed by atoms with Gasteiger partial charge in [0.15, 0.2) is 0 Å². The summed E-state index contributed by atoms with van der Waals surface area (Å²) in [7, 11) is 0. The lowest BCUT2D eigenvalue weighted by Gasteiger charge is -2.27. The monoisotopic (exact) mass is 264 g/mol. The van der Waals surface area contributed by atoms with Crippen LogP contribution in [0.25, 0.3) is 0 Å². The highest BCUT2D eigenvalue weighted by molar-refractivity contribution is 5.23. The van der Waals surface area contributed by atoms with Gasteiger partial charge in [-0.15, -0.1) is 0 Å². The van der Waals surface area contributed by atoms with Crippen LogP contribution in [0.15, 0.2) is 4.79 Å². The molecule has 4 nitrogen and oxygen atoms in total. The molecular formula is C15H24N2O2. The number of nitrogens with zero attached hydrogens (tertiary/aromatic N) is 1. The Balaban J connectivity index is 2.23. The molecule has 2 N–H and O–H groups in total. The highest BCUT2D eigenvalue weighted by Gasteiger charge is 2.25. The van der Waals surface area contributed by atoms with Gasteiger partial charge in [-0.2, -0.15) is 4.98 Å². The minimum Gasteiger partial charge on any atom is -0.493 e. The summed E-state index contributed by atoms with van der Waals surface area (Å²) in [5.41, 5.74) is 0.261. The van der Waals surface area contributed by atoms with E-state index in [-0.39, 0.29) is 11.4 Å². The second-order valence-electron chi connectivity index (χ2n) is 5.64. The first-order valence-electron chi connectivity index (χ1n) is 7.47. The average Bonchev–Trinajstić information content (AvgIpc) is 2.42. The number of aromatic nitrogens is 2. The molecule has 2 rings (SSSR count). The van der Waals surface area contributed by atoms with Gasteiger partial charge >= 0.3 is 0 Å². The molecule has 0 radical (unpaired) electrons. The lowest BCUT2D eigenvalue weighted by atomic mass is 9.80. The fraction of sp³-hybridized carbons (Fsp3) is 0.733. The van der Waals surface area contributed by atoms with Gasteiger partial charge in [-0.25, -0.2) is 0 Å². The predicted molar refractivity (Wildman–Crippen MR) is 75.5 cm³/mol. The fourth-order valence-corrected chi connectivity index (χ4v) is 3.08. The Hall–Kier alpha value is -1.32. The smallest absolute Gasteiger partial charge is 0.257 e. The van der Waals surface area contributed by atoms with Gasteiger partial charge in [0.05, 0.1) is 5.56 Å². The Morgan fingerprint density at radius 1 is 1.37 bits per heavy atom. The van der Waals surface area contributed by atoms with Crippen molar-refractivity contribution in [3.63, 3.8) is 0 Å². The summed E-state index contributed by atoms with van der Waals surface area (Å²) in [6.45, 7) is 4.20. The van der Waals surface area contributed by atoms with Crippen molar-refractivity contribution < 1.29 is 5.11 Å². The second-order valence-corrected chi connectivity index (χ2v) is 5.64. The first-order chi connectivity index (χ1) is 9.15. The molecule has 0 aromatic carbocycles. The molecule has 19 heavy (non-hydrogen) atoms. The first-order valence-corrected chi connectivity index (χ1v) is 7.47. The third-order valence-electron chi connectivity index (χ3n) is 4.26. The lowest BCUT2D eigenvalue weighted by Crippen LogP contribution is -2.22. The molecule has 1 fully saturated rings. The molecule has 1 aromatic rings. The van der Waals surface area contributed by atoms with E-state index in [9.17, 15) is 9.90 Å². The van der Waals surface area contributed by atoms with Crippen molar-refractivity contribution in [2.75, 3.05) is 0 Å². The van der Waals surface area contributed by atoms with Crippen molar-refractivity contribution in [2.45, 2.75) is 64.7 Å². The highest BCUT2D eigenvalue weighted by Crippen LogP contribution is 2.36. The van der Waals surface area contributed by atoms with Crippen molar-refractivity contribution in [2.24, 2.45) is 5.92 Å². The van der Waals surface area contributed by atoms with E-state index in [4.69, 9.17) is 0 Å². The Morgan fingerprint density at radius 3 is 2.79 bits per heavy atom. The maximum absolute atomic E-state index is 12.0. The summed E-state index contributed by atoms with van der Waals surface area (Å²) in [4.78, 5) is 19.1. The van der Waals surface area contributed by atoms with Crippen molar-refractivity contribution in [1.29, 1.82) is 0 Å². The van der Waals surface area contributed by atoms with Gasteiger partial charge in [-0.05, 0) is 25.2 Å². The Kier molecular flexibility index (Phi) is 4.61. The summed E-state index contributed by atoms with van der Waals surface area (Å²) in [5.74, 6) is 1.63. The molecule has 1 aliphatic rings. The number of aromatic hydroxyl groups is 1. The van der Waals surface area contributed by atoms with Crippen LogP contribution >= 0.6 is 0 Å². The van der Waals surface area contributed by atoms with Gasteiger partial charge in [0.25, 0.3) is 5.56 Å². The van der Waals surface area contributed by atoms with E-state index < -0.39 is 0 Å². The van der Waals surface area contributed by atoms with Crippen LogP contribution in [0, 0.1) is 5.92 Å². The van der Waals surface area contributed by atoms with Gasteiger partial charge < -0.3 is 10.1 Å². The minimum atomic E-state index is -0.164. The van der Waals surface area contributed by atoms with E-state index in [1.165, 1.54) is 19.3 Å². The van der Waals surface area contributed by atoms with Crippen molar-refractivity contribution in [1.82, 2.24) is 9.97 Å². The molecule has 1 aromatic heterocycles. The van der Waals surface area contributed by atoms with Gasteiger partial charge in [-0.1, -0.05) is 39.5 Å². The van der Waals surface area contributed by atoms with Crippen LogP contribution in [0.2, 0.25) is 0 Å². The first kappa shape index (κ1) is 14.1. The van der Waals surface area contributed by atoms with Crippen LogP contribution < -0.4 is 5.56 Å². The quantitative estimate of drug-likeness (QED) is 0.878. The number of hydrogen-bond donors (Lipinski definition) is 2. The largest absolute Gasteiger partial charge is 0.493 e. The van der Waals surface area contributed by atoms with Gasteiger partial charge in [0.1, 0.15) is 5.82 Å². The van der Waals surface area contributed by atoms with Gasteiger partial charge in [0.2, 0.25) is 5.88 Å². The van der Waals surface area contributed by atoms with Gasteiger partial charge in [-0.3, -0.25) is 4.79 Å². The van der Waals surface area contributed by atoms with E-state index in [1.54, 1.807) is 0 Å². The van der Waals surface area contributed by atoms with Crippen LogP contribution in [-0.2, 0) is 6.42 Å². The van der Waals surface area contributed by atoms with Crippen LogP contribution in [-0.4, -0.2) is 15.1 Å². The molecule has 106 valence electrons. The number of rotatable bonds is 4. The zero-order valence-corrected chi connectivity index (χ0v) is 11.9. The molecule has 1 aliphatic carbocycles. The number of aromatic amines is 1. The number of nitrogens with one attached hydrogen (secondary N) is 1. The molecule has 1 heterocycles. The highest BCUT2D eigenvalue weighted by atomic mass is 16.3. The third-order valence-corrected chi connectivity index (χ3v) is 4.26. The molecule has 2 unspecified atom stereocenters. The summed E-state index contributed by atoms with van der Waals surface area (Å²) in [6, 6.07) is 0. The molecule has 4 heteroatoms. The Labute approximate surface area is 114 Å². The second kappa shape index (κ2) is 6.22. The zero-order chi connectivity index (χ0) is 13.8. The van der Waals surface area contributed by atoms with Crippen molar-refractivity contribution >= 4 is 0 Å². The molecule has 1 saturated carbocycles. The lowest BCUT2D eigenvalue weighted by molar-refractivity contribution is 0.304. The molecule has 0 saturated heterocycles. The normalized spacial score (nSPS) is 23.5. The van der Waals surface area contributed by atoms with E-state index in [0.717, 1.165) is 25.2 Å². The minimum absolute atomic E-state index is 0.0702. The SMILES string of the molecule is CCCc1c(O)nc(C2CCCC(CC)C2)[nH]c1=O. The van der Waals surface area contributed by atoms with Crippen LogP contribution in [0.4, 0.5) is 0 Å². The van der Waals surface area contributed by atoms with Crippen LogP contribution in [0.3, 0.4) is 0 Å². The van der Waals surface area contributed by atoms with Crippen LogP contribution in [0.5, 0.6) is 5.88 Å². The zero-order valence-electron chi connectivity index (χ0n) is 11.9. The maximum Gasteiger partial charge on any atom is 0.257 e. The van der Waals surface area contributed by atoms with E-state index in [2.05, 4.69) is 16.9 Å². The van der Waals surface area contributed by atoms with Crippen LogP contribution in [0.1, 0.15) is 69.7 Å². The van der Waals surface area contributed by atoms with Gasteiger partial charge in [0, 0.05) is 5.92 Å². The standard InChI is InChI=1S/C15H24N2O2/c1-3-6-12-14(18)16-13(17-15(12)19)11-8-5-7-10(4-2)9-11/h10-11H,3-9H2,1-2H3,(H2,16,17,18,19). The van der Waals surface area contributed by atoms with E-state index >= 15 is 0 Å². The summed E-state index contributed by atoms with van der Waals surface area (Å²) >= 11 is 0. The molecular weight excluding hydrogens is 240 g/mol. The van der Waals surface area contributed by atoms with Crippen molar-refractivity contribution in [3.05, 3.63) is 21.7 Å². The Bertz CT molecular complexity index is 482. The fourth-order valence-electron chi connectivity index (χ4n) is 3.08. The predicted octanol–water partition coefficient (Wildman–Crippen LogP) is 3.11. The van der Waals surface area contributed by atoms with E-state index in [1.807, 2.05) is 6.92 Å². The number of hydrogen-bond acceptors (Lipinski definition) is 3. The Morgan fingerprint density at radius 2 is 2.16 bits per heavy atom. The summed E-state index contributed by atoms with van der Waals surface area (Å²) in [6.07, 6.45) is 7.19. The molecule has 0 spiro atoms. The molecule has 0 aliphatic heterocycles. The average molecular weight is 264 g/mol. The summed E-state index contributed by atoms with van der Waals surface area (Å²) < 4.78 is 0. The topological polar surface area (TPSA) is 66.0 Å². The maximum atomic E-state index is 12.0. The molecule has 0 amide bonds. The van der Waals surface area contributed by atoms with E-state index in [0.29, 0.717) is 23.7 Å². The molecule has 0 bridgehead atoms. The third kappa shape index (κ3) is 3.17. The molecule has 2 atom stereocenters.